The molecule has 8 heteroatoms. The molecule has 0 amide bonds. The number of methoxy groups -OCH3 is 3. The standard InChI is InChI=1S/C19H26N4O4/c1-6-16(27-7-2)22-19-21-11-13(18(20)23-19)8-12-9-14(24-3)17(26-5)15(10-12)25-4/h9-11H,6-8H2,1-5H3,(H2,20,21,23). The summed E-state index contributed by atoms with van der Waals surface area (Å²) < 4.78 is 21.5. The Morgan fingerprint density at radius 3 is 2.22 bits per heavy atom. The second kappa shape index (κ2) is 9.61. The highest BCUT2D eigenvalue weighted by atomic mass is 16.5. The Bertz CT molecular complexity index is 783. The number of hydrogen-bond acceptors (Lipinski definition) is 8. The molecule has 2 aromatic rings. The zero-order chi connectivity index (χ0) is 19.8. The fraction of sp³-hybridized carbons (Fsp3) is 0.421. The van der Waals surface area contributed by atoms with E-state index in [0.717, 1.165) is 11.1 Å². The molecule has 0 unspecified atom stereocenters. The normalized spacial score (nSPS) is 11.2. The number of rotatable bonds is 8. The largest absolute Gasteiger partial charge is 0.493 e. The number of benzene rings is 1. The zero-order valence-corrected chi connectivity index (χ0v) is 16.4. The zero-order valence-electron chi connectivity index (χ0n) is 16.4. The minimum atomic E-state index is 0.284. The van der Waals surface area contributed by atoms with Gasteiger partial charge in [-0.25, -0.2) is 4.98 Å². The molecule has 0 spiro atoms. The number of nitrogens with two attached hydrogens (primary N) is 1. The van der Waals surface area contributed by atoms with Gasteiger partial charge in [-0.3, -0.25) is 0 Å². The Labute approximate surface area is 159 Å². The molecule has 0 saturated carbocycles. The second-order valence-electron chi connectivity index (χ2n) is 5.58. The Morgan fingerprint density at radius 2 is 1.74 bits per heavy atom. The molecule has 146 valence electrons. The number of anilines is 1. The molecule has 0 atom stereocenters. The molecular weight excluding hydrogens is 348 g/mol. The summed E-state index contributed by atoms with van der Waals surface area (Å²) in [5.74, 6) is 2.93. The highest BCUT2D eigenvalue weighted by molar-refractivity contribution is 5.78. The predicted octanol–water partition coefficient (Wildman–Crippen LogP) is 3.15. The van der Waals surface area contributed by atoms with Crippen LogP contribution in [0.4, 0.5) is 11.8 Å². The average Bonchev–Trinajstić information content (AvgIpc) is 2.68. The molecule has 1 aromatic carbocycles. The molecule has 8 nitrogen and oxygen atoms in total. The molecule has 1 heterocycles. The van der Waals surface area contributed by atoms with E-state index in [1.165, 1.54) is 0 Å². The van der Waals surface area contributed by atoms with Crippen molar-refractivity contribution in [2.75, 3.05) is 33.7 Å². The first-order valence-electron chi connectivity index (χ1n) is 8.66. The molecule has 1 aromatic heterocycles. The summed E-state index contributed by atoms with van der Waals surface area (Å²) in [6.45, 7) is 4.40. The predicted molar refractivity (Wildman–Crippen MR) is 104 cm³/mol. The summed E-state index contributed by atoms with van der Waals surface area (Å²) in [7, 11) is 4.72. The first kappa shape index (κ1) is 20.3. The number of aliphatic imine (C=N–C) groups is 1. The van der Waals surface area contributed by atoms with Crippen LogP contribution in [0.2, 0.25) is 0 Å². The van der Waals surface area contributed by atoms with Crippen molar-refractivity contribution in [2.45, 2.75) is 26.7 Å². The topological polar surface area (TPSA) is 101 Å². The van der Waals surface area contributed by atoms with Crippen LogP contribution >= 0.6 is 0 Å². The van der Waals surface area contributed by atoms with E-state index in [4.69, 9.17) is 24.7 Å². The average molecular weight is 374 g/mol. The van der Waals surface area contributed by atoms with Crippen LogP contribution in [-0.4, -0.2) is 43.8 Å². The van der Waals surface area contributed by atoms with Gasteiger partial charge in [-0.15, -0.1) is 0 Å². The van der Waals surface area contributed by atoms with E-state index in [1.807, 2.05) is 26.0 Å². The number of nitrogens with zero attached hydrogens (tertiary/aromatic N) is 3. The lowest BCUT2D eigenvalue weighted by Gasteiger charge is -2.14. The van der Waals surface area contributed by atoms with E-state index >= 15 is 0 Å². The van der Waals surface area contributed by atoms with Crippen LogP contribution < -0.4 is 19.9 Å². The van der Waals surface area contributed by atoms with E-state index in [0.29, 0.717) is 48.4 Å². The SMILES string of the molecule is CCOC(CC)=Nc1ncc(Cc2cc(OC)c(OC)c(OC)c2)c(N)n1. The van der Waals surface area contributed by atoms with Crippen molar-refractivity contribution in [1.82, 2.24) is 9.97 Å². The van der Waals surface area contributed by atoms with Crippen LogP contribution in [0.25, 0.3) is 0 Å². The first-order valence-corrected chi connectivity index (χ1v) is 8.66. The number of ether oxygens (including phenoxy) is 4. The van der Waals surface area contributed by atoms with E-state index in [-0.39, 0.29) is 5.95 Å². The van der Waals surface area contributed by atoms with Gasteiger partial charge >= 0.3 is 0 Å². The maximum Gasteiger partial charge on any atom is 0.254 e. The van der Waals surface area contributed by atoms with Crippen molar-refractivity contribution in [2.24, 2.45) is 4.99 Å². The third kappa shape index (κ3) is 4.99. The molecule has 0 aliphatic heterocycles. The number of aromatic nitrogens is 2. The minimum Gasteiger partial charge on any atom is -0.493 e. The van der Waals surface area contributed by atoms with Gasteiger partial charge in [0.1, 0.15) is 5.82 Å². The molecule has 27 heavy (non-hydrogen) atoms. The summed E-state index contributed by atoms with van der Waals surface area (Å²) in [5, 5.41) is 0. The minimum absolute atomic E-state index is 0.284. The molecule has 0 aliphatic rings. The fourth-order valence-electron chi connectivity index (χ4n) is 2.55. The monoisotopic (exact) mass is 374 g/mol. The van der Waals surface area contributed by atoms with Gasteiger partial charge in [-0.1, -0.05) is 6.92 Å². The van der Waals surface area contributed by atoms with Crippen LogP contribution in [0, 0.1) is 0 Å². The summed E-state index contributed by atoms with van der Waals surface area (Å²) in [6, 6.07) is 3.74. The Hall–Kier alpha value is -3.03. The summed E-state index contributed by atoms with van der Waals surface area (Å²) in [6.07, 6.45) is 2.84. The van der Waals surface area contributed by atoms with Crippen molar-refractivity contribution >= 4 is 17.7 Å². The lowest BCUT2D eigenvalue weighted by molar-refractivity contribution is 0.319. The van der Waals surface area contributed by atoms with Gasteiger partial charge in [0.15, 0.2) is 17.4 Å². The van der Waals surface area contributed by atoms with Crippen molar-refractivity contribution in [3.63, 3.8) is 0 Å². The molecular formula is C19H26N4O4. The van der Waals surface area contributed by atoms with Crippen LogP contribution in [0.15, 0.2) is 23.3 Å². The van der Waals surface area contributed by atoms with E-state index in [1.54, 1.807) is 27.5 Å². The molecule has 0 saturated heterocycles. The summed E-state index contributed by atoms with van der Waals surface area (Å²) >= 11 is 0. The van der Waals surface area contributed by atoms with Gasteiger partial charge < -0.3 is 24.7 Å². The lowest BCUT2D eigenvalue weighted by atomic mass is 10.1. The molecule has 0 fully saturated rings. The maximum atomic E-state index is 6.11. The molecule has 2 rings (SSSR count). The quantitative estimate of drug-likeness (QED) is 0.559. The van der Waals surface area contributed by atoms with Gasteiger partial charge in [0.25, 0.3) is 5.95 Å². The highest BCUT2D eigenvalue weighted by Gasteiger charge is 2.14. The number of hydrogen-bond donors (Lipinski definition) is 1. The lowest BCUT2D eigenvalue weighted by Crippen LogP contribution is -2.05. The third-order valence-corrected chi connectivity index (χ3v) is 3.84. The van der Waals surface area contributed by atoms with Crippen molar-refractivity contribution in [3.8, 4) is 17.2 Å². The Kier molecular flexibility index (Phi) is 7.22. The Morgan fingerprint density at radius 1 is 1.07 bits per heavy atom. The van der Waals surface area contributed by atoms with Gasteiger partial charge in [-0.2, -0.15) is 9.98 Å². The summed E-state index contributed by atoms with van der Waals surface area (Å²) in [4.78, 5) is 12.8. The summed E-state index contributed by atoms with van der Waals surface area (Å²) in [5.41, 5.74) is 7.81. The van der Waals surface area contributed by atoms with Crippen LogP contribution in [-0.2, 0) is 11.2 Å². The molecule has 0 aliphatic carbocycles. The van der Waals surface area contributed by atoms with Gasteiger partial charge in [0.2, 0.25) is 5.75 Å². The van der Waals surface area contributed by atoms with Gasteiger partial charge in [0.05, 0.1) is 27.9 Å². The van der Waals surface area contributed by atoms with Crippen LogP contribution in [0.3, 0.4) is 0 Å². The molecule has 0 radical (unpaired) electrons. The second-order valence-corrected chi connectivity index (χ2v) is 5.58. The van der Waals surface area contributed by atoms with E-state index in [2.05, 4.69) is 15.0 Å². The third-order valence-electron chi connectivity index (χ3n) is 3.84. The van der Waals surface area contributed by atoms with E-state index < -0.39 is 0 Å². The van der Waals surface area contributed by atoms with Crippen LogP contribution in [0.5, 0.6) is 17.2 Å². The fourth-order valence-corrected chi connectivity index (χ4v) is 2.55. The highest BCUT2D eigenvalue weighted by Crippen LogP contribution is 2.38. The van der Waals surface area contributed by atoms with Crippen molar-refractivity contribution < 1.29 is 18.9 Å². The Balaban J connectivity index is 2.30. The van der Waals surface area contributed by atoms with Gasteiger partial charge in [-0.05, 0) is 24.6 Å². The molecule has 0 bridgehead atoms. The number of nitrogen functional groups attached to an aromatic ring is 1. The molecule has 2 N–H and O–H groups in total. The van der Waals surface area contributed by atoms with Crippen LogP contribution in [0.1, 0.15) is 31.4 Å². The van der Waals surface area contributed by atoms with Crippen molar-refractivity contribution in [3.05, 3.63) is 29.5 Å². The van der Waals surface area contributed by atoms with E-state index in [9.17, 15) is 0 Å². The maximum absolute atomic E-state index is 6.11. The van der Waals surface area contributed by atoms with Crippen molar-refractivity contribution in [1.29, 1.82) is 0 Å². The smallest absolute Gasteiger partial charge is 0.254 e. The van der Waals surface area contributed by atoms with Gasteiger partial charge in [0, 0.05) is 24.6 Å². The first-order chi connectivity index (χ1) is 13.1.